The summed E-state index contributed by atoms with van der Waals surface area (Å²) < 4.78 is 13.9. The highest BCUT2D eigenvalue weighted by atomic mass is 35.5. The molecule has 0 amide bonds. The van der Waals surface area contributed by atoms with Crippen molar-refractivity contribution in [3.63, 3.8) is 0 Å². The van der Waals surface area contributed by atoms with E-state index >= 15 is 0 Å². The summed E-state index contributed by atoms with van der Waals surface area (Å²) >= 11 is 13.1. The Labute approximate surface area is 124 Å². The van der Waals surface area contributed by atoms with Crippen molar-refractivity contribution in [3.8, 4) is 0 Å². The fraction of sp³-hybridized carbons (Fsp3) is 0.0714. The Hall–Kier alpha value is -1.03. The third kappa shape index (κ3) is 3.50. The highest BCUT2D eigenvalue weighted by Crippen LogP contribution is 2.36. The van der Waals surface area contributed by atoms with Crippen molar-refractivity contribution in [2.75, 3.05) is 0 Å². The van der Waals surface area contributed by atoms with Gasteiger partial charge in [0.05, 0.1) is 5.02 Å². The average Bonchev–Trinajstić information content (AvgIpc) is 2.36. The summed E-state index contributed by atoms with van der Waals surface area (Å²) in [4.78, 5) is 12.2. The maximum atomic E-state index is 13.9. The van der Waals surface area contributed by atoms with Crippen LogP contribution in [0, 0.1) is 5.82 Å². The molecule has 1 nitrogen and oxygen atoms in total. The molecule has 0 fully saturated rings. The molecular weight excluding hydrogens is 306 g/mol. The molecule has 2 aromatic rings. The van der Waals surface area contributed by atoms with E-state index in [0.717, 1.165) is 0 Å². The topological polar surface area (TPSA) is 17.1 Å². The van der Waals surface area contributed by atoms with Gasteiger partial charge in [0.15, 0.2) is 5.78 Å². The first-order valence-corrected chi connectivity index (χ1v) is 6.98. The number of carbonyl (C=O) groups is 1. The fourth-order valence-electron chi connectivity index (χ4n) is 1.48. The Morgan fingerprint density at radius 3 is 2.47 bits per heavy atom. The molecule has 2 aromatic carbocycles. The number of benzene rings is 2. The molecular formula is C14H9Cl2FOS. The van der Waals surface area contributed by atoms with Crippen molar-refractivity contribution in [1.29, 1.82) is 0 Å². The molecule has 0 radical (unpaired) electrons. The molecule has 0 saturated heterocycles. The number of Topliss-reactive ketones (excluding diaryl/α,β-unsaturated/α-hetero) is 1. The molecule has 98 valence electrons. The van der Waals surface area contributed by atoms with E-state index in [9.17, 15) is 9.18 Å². The second kappa shape index (κ2) is 5.95. The molecule has 0 saturated carbocycles. The van der Waals surface area contributed by atoms with E-state index < -0.39 is 5.82 Å². The summed E-state index contributed by atoms with van der Waals surface area (Å²) in [5.41, 5.74) is 0.346. The monoisotopic (exact) mass is 314 g/mol. The van der Waals surface area contributed by atoms with E-state index in [2.05, 4.69) is 0 Å². The number of hydrogen-bond acceptors (Lipinski definition) is 2. The first-order chi connectivity index (χ1) is 8.97. The zero-order valence-electron chi connectivity index (χ0n) is 9.91. The van der Waals surface area contributed by atoms with Crippen LogP contribution < -0.4 is 0 Å². The maximum Gasteiger partial charge on any atom is 0.159 e. The van der Waals surface area contributed by atoms with Gasteiger partial charge in [0.1, 0.15) is 5.82 Å². The minimum absolute atomic E-state index is 0.170. The van der Waals surface area contributed by atoms with E-state index in [1.54, 1.807) is 30.3 Å². The normalized spacial score (nSPS) is 10.5. The van der Waals surface area contributed by atoms with Gasteiger partial charge in [-0.15, -0.1) is 0 Å². The second-order valence-electron chi connectivity index (χ2n) is 3.88. The van der Waals surface area contributed by atoms with Crippen LogP contribution in [0.15, 0.2) is 46.2 Å². The number of ketones is 1. The van der Waals surface area contributed by atoms with Crippen LogP contribution >= 0.6 is 35.0 Å². The van der Waals surface area contributed by atoms with Gasteiger partial charge in [-0.1, -0.05) is 41.0 Å². The lowest BCUT2D eigenvalue weighted by molar-refractivity contribution is 0.101. The van der Waals surface area contributed by atoms with Crippen LogP contribution in [0.4, 0.5) is 4.39 Å². The van der Waals surface area contributed by atoms with Crippen LogP contribution in [0.25, 0.3) is 0 Å². The summed E-state index contributed by atoms with van der Waals surface area (Å²) in [6.07, 6.45) is 0. The van der Waals surface area contributed by atoms with Crippen LogP contribution in [0.2, 0.25) is 10.0 Å². The third-order valence-corrected chi connectivity index (χ3v) is 4.24. The average molecular weight is 315 g/mol. The molecule has 0 aliphatic rings. The molecule has 0 spiro atoms. The van der Waals surface area contributed by atoms with E-state index in [0.29, 0.717) is 25.4 Å². The van der Waals surface area contributed by atoms with Crippen molar-refractivity contribution < 1.29 is 9.18 Å². The molecule has 0 aliphatic carbocycles. The zero-order chi connectivity index (χ0) is 14.0. The van der Waals surface area contributed by atoms with Crippen molar-refractivity contribution in [3.05, 3.63) is 57.8 Å². The third-order valence-electron chi connectivity index (χ3n) is 2.45. The van der Waals surface area contributed by atoms with Gasteiger partial charge in [-0.2, -0.15) is 0 Å². The number of hydrogen-bond donors (Lipinski definition) is 0. The van der Waals surface area contributed by atoms with E-state index in [-0.39, 0.29) is 5.78 Å². The van der Waals surface area contributed by atoms with Crippen LogP contribution in [-0.2, 0) is 0 Å². The molecule has 0 aliphatic heterocycles. The van der Waals surface area contributed by atoms with Gasteiger partial charge in [-0.3, -0.25) is 4.79 Å². The lowest BCUT2D eigenvalue weighted by Crippen LogP contribution is -1.93. The van der Waals surface area contributed by atoms with Crippen molar-refractivity contribution in [2.45, 2.75) is 16.7 Å². The van der Waals surface area contributed by atoms with E-state index in [1.165, 1.54) is 24.8 Å². The van der Waals surface area contributed by atoms with Gasteiger partial charge >= 0.3 is 0 Å². The maximum absolute atomic E-state index is 13.9. The van der Waals surface area contributed by atoms with Crippen molar-refractivity contribution >= 4 is 40.7 Å². The predicted octanol–water partition coefficient (Wildman–Crippen LogP) is 5.49. The quantitative estimate of drug-likeness (QED) is 0.697. The van der Waals surface area contributed by atoms with Crippen molar-refractivity contribution in [1.82, 2.24) is 0 Å². The van der Waals surface area contributed by atoms with E-state index in [4.69, 9.17) is 23.2 Å². The Bertz CT molecular complexity index is 643. The first-order valence-electron chi connectivity index (χ1n) is 5.41. The van der Waals surface area contributed by atoms with Gasteiger partial charge in [0.2, 0.25) is 0 Å². The zero-order valence-corrected chi connectivity index (χ0v) is 12.2. The summed E-state index contributed by atoms with van der Waals surface area (Å²) in [7, 11) is 0. The first kappa shape index (κ1) is 14.4. The largest absolute Gasteiger partial charge is 0.295 e. The highest BCUT2D eigenvalue weighted by Gasteiger charge is 2.10. The van der Waals surface area contributed by atoms with Gasteiger partial charge in [-0.05, 0) is 37.3 Å². The van der Waals surface area contributed by atoms with Gasteiger partial charge in [0.25, 0.3) is 0 Å². The lowest BCUT2D eigenvalue weighted by Gasteiger charge is -2.06. The Morgan fingerprint density at radius 2 is 1.84 bits per heavy atom. The number of halogens is 3. The molecule has 0 heterocycles. The smallest absolute Gasteiger partial charge is 0.159 e. The van der Waals surface area contributed by atoms with Crippen LogP contribution in [0.3, 0.4) is 0 Å². The second-order valence-corrected chi connectivity index (χ2v) is 5.81. The molecule has 2 rings (SSSR count). The SMILES string of the molecule is CC(=O)c1ccc(Sc2cc(Cl)ccc2Cl)c(F)c1. The molecule has 0 unspecified atom stereocenters. The lowest BCUT2D eigenvalue weighted by atomic mass is 10.1. The Balaban J connectivity index is 2.33. The van der Waals surface area contributed by atoms with Crippen LogP contribution in [0.1, 0.15) is 17.3 Å². The van der Waals surface area contributed by atoms with Crippen LogP contribution in [-0.4, -0.2) is 5.78 Å². The minimum atomic E-state index is -0.450. The molecule has 0 N–H and O–H groups in total. The van der Waals surface area contributed by atoms with Gasteiger partial charge in [-0.25, -0.2) is 4.39 Å². The molecule has 0 bridgehead atoms. The summed E-state index contributed by atoms with van der Waals surface area (Å²) in [5, 5.41) is 1.04. The summed E-state index contributed by atoms with van der Waals surface area (Å²) in [5.74, 6) is -0.620. The number of carbonyl (C=O) groups excluding carboxylic acids is 1. The van der Waals surface area contributed by atoms with Crippen molar-refractivity contribution in [2.24, 2.45) is 0 Å². The van der Waals surface area contributed by atoms with Gasteiger partial charge in [0, 0.05) is 20.4 Å². The molecule has 0 aromatic heterocycles. The van der Waals surface area contributed by atoms with Crippen LogP contribution in [0.5, 0.6) is 0 Å². The standard InChI is InChI=1S/C14H9Cl2FOS/c1-8(18)9-2-5-13(12(17)6-9)19-14-7-10(15)3-4-11(14)16/h2-7H,1H3. The van der Waals surface area contributed by atoms with E-state index in [1.807, 2.05) is 0 Å². The highest BCUT2D eigenvalue weighted by molar-refractivity contribution is 7.99. The fourth-order valence-corrected chi connectivity index (χ4v) is 2.83. The Kier molecular flexibility index (Phi) is 4.50. The number of rotatable bonds is 3. The molecule has 0 atom stereocenters. The molecule has 5 heteroatoms. The summed E-state index contributed by atoms with van der Waals surface area (Å²) in [6.45, 7) is 1.40. The molecule has 19 heavy (non-hydrogen) atoms. The predicted molar refractivity (Wildman–Crippen MR) is 77.0 cm³/mol. The van der Waals surface area contributed by atoms with Gasteiger partial charge < -0.3 is 0 Å². The Morgan fingerprint density at radius 1 is 1.11 bits per heavy atom. The minimum Gasteiger partial charge on any atom is -0.295 e. The summed E-state index contributed by atoms with van der Waals surface area (Å²) in [6, 6.07) is 9.38.